The molecule has 0 atom stereocenters. The molecule has 0 spiro atoms. The largest absolute Gasteiger partial charge is 0.461 e. The van der Waals surface area contributed by atoms with E-state index < -0.39 is 0 Å². The number of aryl methyl sites for hydroxylation is 2. The summed E-state index contributed by atoms with van der Waals surface area (Å²) in [7, 11) is 0. The second kappa shape index (κ2) is 4.92. The number of nitrogens with one attached hydrogen (secondary N) is 2. The molecular formula is C17H15ClN2O2. The number of hydrogen-bond donors (Lipinski definition) is 2. The van der Waals surface area contributed by atoms with Crippen LogP contribution in [0.2, 0.25) is 5.02 Å². The van der Waals surface area contributed by atoms with Gasteiger partial charge in [-0.15, -0.1) is 0 Å². The quantitative estimate of drug-likeness (QED) is 0.700. The number of esters is 1. The fourth-order valence-electron chi connectivity index (χ4n) is 3.20. The van der Waals surface area contributed by atoms with Crippen molar-refractivity contribution in [1.82, 2.24) is 9.97 Å². The van der Waals surface area contributed by atoms with Crippen molar-refractivity contribution >= 4 is 28.5 Å². The Morgan fingerprint density at radius 3 is 2.91 bits per heavy atom. The topological polar surface area (TPSA) is 57.9 Å². The molecule has 0 bridgehead atoms. The first kappa shape index (κ1) is 13.5. The van der Waals surface area contributed by atoms with E-state index in [0.29, 0.717) is 17.3 Å². The van der Waals surface area contributed by atoms with Crippen LogP contribution in [0.3, 0.4) is 0 Å². The summed E-state index contributed by atoms with van der Waals surface area (Å²) in [5, 5.41) is 1.90. The summed E-state index contributed by atoms with van der Waals surface area (Å²) >= 11 is 6.07. The highest BCUT2D eigenvalue weighted by Crippen LogP contribution is 2.38. The minimum absolute atomic E-state index is 0.308. The molecule has 0 radical (unpaired) electrons. The Labute approximate surface area is 132 Å². The van der Waals surface area contributed by atoms with Crippen LogP contribution in [-0.2, 0) is 17.6 Å². The summed E-state index contributed by atoms with van der Waals surface area (Å²) in [6.07, 6.45) is 1.86. The molecule has 0 saturated carbocycles. The lowest BCUT2D eigenvalue weighted by molar-refractivity contribution is 0.0520. The van der Waals surface area contributed by atoms with Crippen LogP contribution in [0.15, 0.2) is 24.3 Å². The van der Waals surface area contributed by atoms with Crippen molar-refractivity contribution in [1.29, 1.82) is 0 Å². The molecule has 112 valence electrons. The van der Waals surface area contributed by atoms with Crippen LogP contribution in [-0.4, -0.2) is 22.5 Å². The molecule has 3 aromatic rings. The number of halogens is 1. The molecule has 1 aromatic carbocycles. The van der Waals surface area contributed by atoms with Crippen molar-refractivity contribution in [2.45, 2.75) is 19.8 Å². The second-order valence-electron chi connectivity index (χ2n) is 5.47. The van der Waals surface area contributed by atoms with E-state index in [1.54, 1.807) is 6.92 Å². The van der Waals surface area contributed by atoms with E-state index in [9.17, 15) is 4.79 Å². The van der Waals surface area contributed by atoms with Gasteiger partial charge in [0.25, 0.3) is 0 Å². The number of ether oxygens (including phenoxy) is 1. The third-order valence-electron chi connectivity index (χ3n) is 4.16. The van der Waals surface area contributed by atoms with Crippen molar-refractivity contribution in [3.63, 3.8) is 0 Å². The maximum atomic E-state index is 11.9. The number of hydrogen-bond acceptors (Lipinski definition) is 2. The maximum Gasteiger partial charge on any atom is 0.354 e. The number of carbonyl (C=O) groups is 1. The van der Waals surface area contributed by atoms with Gasteiger partial charge < -0.3 is 14.7 Å². The molecular weight excluding hydrogens is 300 g/mol. The Hall–Kier alpha value is -2.20. The SMILES string of the molecule is CCOC(=O)c1cc2c([nH]1)-c1[nH]c3cc(Cl)ccc3c1CC2. The van der Waals surface area contributed by atoms with Crippen molar-refractivity contribution in [2.75, 3.05) is 6.61 Å². The van der Waals surface area contributed by atoms with Crippen LogP contribution in [0, 0.1) is 0 Å². The Bertz CT molecular complexity index is 892. The smallest absolute Gasteiger partial charge is 0.354 e. The Morgan fingerprint density at radius 1 is 1.23 bits per heavy atom. The average Bonchev–Trinajstić information content (AvgIpc) is 3.07. The van der Waals surface area contributed by atoms with Crippen LogP contribution in [0.1, 0.15) is 28.5 Å². The predicted molar refractivity (Wildman–Crippen MR) is 86.5 cm³/mol. The molecule has 0 saturated heterocycles. The Kier molecular flexibility index (Phi) is 3.01. The zero-order chi connectivity index (χ0) is 15.3. The van der Waals surface area contributed by atoms with E-state index in [1.165, 1.54) is 10.9 Å². The molecule has 4 nitrogen and oxygen atoms in total. The van der Waals surface area contributed by atoms with Gasteiger partial charge in [0.05, 0.1) is 18.0 Å². The number of aromatic amines is 2. The van der Waals surface area contributed by atoms with Gasteiger partial charge in [-0.2, -0.15) is 0 Å². The van der Waals surface area contributed by atoms with E-state index in [1.807, 2.05) is 24.3 Å². The number of benzene rings is 1. The highest BCUT2D eigenvalue weighted by molar-refractivity contribution is 6.31. The second-order valence-corrected chi connectivity index (χ2v) is 5.91. The summed E-state index contributed by atoms with van der Waals surface area (Å²) in [4.78, 5) is 18.6. The molecule has 0 fully saturated rings. The maximum absolute atomic E-state index is 11.9. The van der Waals surface area contributed by atoms with E-state index in [2.05, 4.69) is 9.97 Å². The molecule has 22 heavy (non-hydrogen) atoms. The summed E-state index contributed by atoms with van der Waals surface area (Å²) in [5.41, 5.74) is 5.99. The molecule has 2 heterocycles. The molecule has 2 N–H and O–H groups in total. The monoisotopic (exact) mass is 314 g/mol. The fourth-order valence-corrected chi connectivity index (χ4v) is 3.37. The molecule has 0 aliphatic heterocycles. The lowest BCUT2D eigenvalue weighted by atomic mass is 9.94. The molecule has 0 amide bonds. The van der Waals surface area contributed by atoms with Crippen molar-refractivity contribution in [3.05, 3.63) is 46.1 Å². The van der Waals surface area contributed by atoms with Gasteiger partial charge in [-0.05, 0) is 49.1 Å². The Balaban J connectivity index is 1.86. The number of rotatable bonds is 2. The van der Waals surface area contributed by atoms with Gasteiger partial charge in [0.15, 0.2) is 0 Å². The number of aromatic nitrogens is 2. The number of fused-ring (bicyclic) bond motifs is 5. The van der Waals surface area contributed by atoms with Gasteiger partial charge in [0.2, 0.25) is 0 Å². The number of carbonyl (C=O) groups excluding carboxylic acids is 1. The lowest BCUT2D eigenvalue weighted by Gasteiger charge is -2.12. The van der Waals surface area contributed by atoms with E-state index in [-0.39, 0.29) is 5.97 Å². The zero-order valence-corrected chi connectivity index (χ0v) is 12.9. The van der Waals surface area contributed by atoms with Crippen LogP contribution in [0.25, 0.3) is 22.3 Å². The lowest BCUT2D eigenvalue weighted by Crippen LogP contribution is -2.04. The first-order chi connectivity index (χ1) is 10.7. The van der Waals surface area contributed by atoms with Crippen molar-refractivity contribution < 1.29 is 9.53 Å². The van der Waals surface area contributed by atoms with Crippen molar-refractivity contribution in [3.8, 4) is 11.4 Å². The first-order valence-corrected chi connectivity index (χ1v) is 7.74. The van der Waals surface area contributed by atoms with Crippen LogP contribution >= 0.6 is 11.6 Å². The van der Waals surface area contributed by atoms with Gasteiger partial charge in [-0.25, -0.2) is 4.79 Å². The molecule has 4 rings (SSSR count). The summed E-state index contributed by atoms with van der Waals surface area (Å²) in [6, 6.07) is 7.79. The summed E-state index contributed by atoms with van der Waals surface area (Å²) in [6.45, 7) is 2.18. The van der Waals surface area contributed by atoms with Gasteiger partial charge in [0, 0.05) is 15.9 Å². The predicted octanol–water partition coefficient (Wildman–Crippen LogP) is 4.09. The zero-order valence-electron chi connectivity index (χ0n) is 12.1. The number of H-pyrrole nitrogens is 2. The Morgan fingerprint density at radius 2 is 2.09 bits per heavy atom. The standard InChI is InChI=1S/C17H15ClN2O2/c1-2-22-17(21)14-7-9-3-5-12-11-6-4-10(18)8-13(11)19-16(12)15(9)20-14/h4,6-8,19-20H,2-3,5H2,1H3. The van der Waals surface area contributed by atoms with Crippen molar-refractivity contribution in [2.24, 2.45) is 0 Å². The van der Waals surface area contributed by atoms with Gasteiger partial charge in [-0.1, -0.05) is 17.7 Å². The molecule has 1 aliphatic carbocycles. The van der Waals surface area contributed by atoms with Gasteiger partial charge in [0.1, 0.15) is 5.69 Å². The minimum atomic E-state index is -0.308. The van der Waals surface area contributed by atoms with Gasteiger partial charge in [-0.3, -0.25) is 0 Å². The minimum Gasteiger partial charge on any atom is -0.461 e. The third-order valence-corrected chi connectivity index (χ3v) is 4.39. The van der Waals surface area contributed by atoms with E-state index in [4.69, 9.17) is 16.3 Å². The van der Waals surface area contributed by atoms with Crippen LogP contribution < -0.4 is 0 Å². The molecule has 1 aliphatic rings. The highest BCUT2D eigenvalue weighted by atomic mass is 35.5. The third kappa shape index (κ3) is 1.95. The highest BCUT2D eigenvalue weighted by Gasteiger charge is 2.24. The van der Waals surface area contributed by atoms with Crippen LogP contribution in [0.5, 0.6) is 0 Å². The molecule has 0 unspecified atom stereocenters. The molecule has 2 aromatic heterocycles. The normalized spacial score (nSPS) is 13.0. The van der Waals surface area contributed by atoms with Crippen LogP contribution in [0.4, 0.5) is 0 Å². The van der Waals surface area contributed by atoms with E-state index in [0.717, 1.165) is 35.3 Å². The first-order valence-electron chi connectivity index (χ1n) is 7.37. The fraction of sp³-hybridized carbons (Fsp3) is 0.235. The summed E-state index contributed by atoms with van der Waals surface area (Å²) < 4.78 is 5.07. The summed E-state index contributed by atoms with van der Waals surface area (Å²) in [5.74, 6) is -0.308. The van der Waals surface area contributed by atoms with E-state index >= 15 is 0 Å². The molecule has 5 heteroatoms. The van der Waals surface area contributed by atoms with Gasteiger partial charge >= 0.3 is 5.97 Å². The average molecular weight is 315 g/mol.